The van der Waals surface area contributed by atoms with E-state index in [1.807, 2.05) is 13.8 Å². The molecule has 2 aliphatic rings. The Kier molecular flexibility index (Phi) is 3.18. The molecule has 100 valence electrons. The summed E-state index contributed by atoms with van der Waals surface area (Å²) in [5.41, 5.74) is 2.19. The highest BCUT2D eigenvalue weighted by Crippen LogP contribution is 2.48. The molecule has 0 amide bonds. The summed E-state index contributed by atoms with van der Waals surface area (Å²) in [5, 5.41) is 18.8. The minimum atomic E-state index is -1.04. The van der Waals surface area contributed by atoms with Crippen LogP contribution in [0, 0.1) is 5.41 Å². The molecule has 4 heteroatoms. The zero-order valence-corrected chi connectivity index (χ0v) is 10.9. The van der Waals surface area contributed by atoms with Gasteiger partial charge in [-0.25, -0.2) is 4.79 Å². The third kappa shape index (κ3) is 2.26. The van der Waals surface area contributed by atoms with E-state index in [0.717, 1.165) is 17.2 Å². The second-order valence-electron chi connectivity index (χ2n) is 5.15. The van der Waals surface area contributed by atoms with Gasteiger partial charge in [-0.1, -0.05) is 23.3 Å². The highest BCUT2D eigenvalue weighted by molar-refractivity contribution is 6.04. The number of ketones is 1. The van der Waals surface area contributed by atoms with Crippen molar-refractivity contribution in [3.8, 4) is 0 Å². The van der Waals surface area contributed by atoms with E-state index in [1.165, 1.54) is 6.08 Å². The molecule has 0 bridgehead atoms. The average Bonchev–Trinajstić information content (AvgIpc) is 2.35. The van der Waals surface area contributed by atoms with Crippen molar-refractivity contribution in [1.82, 2.24) is 0 Å². The Hall–Kier alpha value is -2.10. The Bertz CT molecular complexity index is 575. The van der Waals surface area contributed by atoms with Gasteiger partial charge < -0.3 is 10.2 Å². The maximum atomic E-state index is 11.6. The summed E-state index contributed by atoms with van der Waals surface area (Å²) in [6.07, 6.45) is 6.73. The first-order valence-electron chi connectivity index (χ1n) is 6.09. The van der Waals surface area contributed by atoms with Crippen molar-refractivity contribution in [2.24, 2.45) is 5.41 Å². The first kappa shape index (κ1) is 13.3. The number of carbonyl (C=O) groups is 2. The van der Waals surface area contributed by atoms with Crippen LogP contribution in [0.5, 0.6) is 0 Å². The Morgan fingerprint density at radius 2 is 2.05 bits per heavy atom. The van der Waals surface area contributed by atoms with Crippen LogP contribution >= 0.6 is 0 Å². The van der Waals surface area contributed by atoms with Crippen molar-refractivity contribution in [3.05, 3.63) is 46.8 Å². The average molecular weight is 260 g/mol. The van der Waals surface area contributed by atoms with E-state index in [1.54, 1.807) is 12.2 Å². The molecule has 0 unspecified atom stereocenters. The Morgan fingerprint density at radius 3 is 2.68 bits per heavy atom. The lowest BCUT2D eigenvalue weighted by atomic mass is 9.65. The number of hydrogen-bond donors (Lipinski definition) is 2. The largest absolute Gasteiger partial charge is 0.504 e. The SMILES string of the molecule is CC1=C(C)C[C@]2(/C=C/C(=O)O)C=CC(=O)C(O)=C2C1. The number of hydrogen-bond acceptors (Lipinski definition) is 3. The molecule has 2 aliphatic carbocycles. The molecule has 0 aromatic heterocycles. The van der Waals surface area contributed by atoms with Crippen molar-refractivity contribution in [2.45, 2.75) is 26.7 Å². The molecule has 0 heterocycles. The highest BCUT2D eigenvalue weighted by atomic mass is 16.4. The van der Waals surface area contributed by atoms with E-state index >= 15 is 0 Å². The maximum absolute atomic E-state index is 11.6. The molecule has 19 heavy (non-hydrogen) atoms. The normalized spacial score (nSPS) is 27.2. The lowest BCUT2D eigenvalue weighted by Gasteiger charge is -2.38. The first-order valence-corrected chi connectivity index (χ1v) is 6.09. The van der Waals surface area contributed by atoms with Gasteiger partial charge in [0.15, 0.2) is 5.76 Å². The molecule has 2 rings (SSSR count). The van der Waals surface area contributed by atoms with E-state index in [2.05, 4.69) is 0 Å². The second kappa shape index (κ2) is 4.53. The van der Waals surface area contributed by atoms with Crippen molar-refractivity contribution >= 4 is 11.8 Å². The molecule has 2 N–H and O–H groups in total. The number of carboxylic acid groups (broad SMARTS) is 1. The number of aliphatic carboxylic acids is 1. The topological polar surface area (TPSA) is 74.6 Å². The van der Waals surface area contributed by atoms with Crippen LogP contribution in [-0.4, -0.2) is 22.0 Å². The number of fused-ring (bicyclic) bond motifs is 1. The van der Waals surface area contributed by atoms with Crippen LogP contribution in [0.2, 0.25) is 0 Å². The summed E-state index contributed by atoms with van der Waals surface area (Å²) in [6.45, 7) is 3.95. The molecule has 0 saturated carbocycles. The van der Waals surface area contributed by atoms with Crippen LogP contribution in [0.3, 0.4) is 0 Å². The highest BCUT2D eigenvalue weighted by Gasteiger charge is 2.39. The smallest absolute Gasteiger partial charge is 0.328 e. The Balaban J connectivity index is 2.57. The number of rotatable bonds is 2. The van der Waals surface area contributed by atoms with E-state index in [4.69, 9.17) is 5.11 Å². The van der Waals surface area contributed by atoms with Crippen molar-refractivity contribution in [1.29, 1.82) is 0 Å². The fraction of sp³-hybridized carbons (Fsp3) is 0.333. The van der Waals surface area contributed by atoms with Gasteiger partial charge in [-0.3, -0.25) is 4.79 Å². The molecule has 0 fully saturated rings. The van der Waals surface area contributed by atoms with Crippen molar-refractivity contribution < 1.29 is 19.8 Å². The molecule has 1 atom stereocenters. The van der Waals surface area contributed by atoms with Gasteiger partial charge >= 0.3 is 5.97 Å². The Labute approximate surface area is 111 Å². The zero-order chi connectivity index (χ0) is 14.2. The van der Waals surface area contributed by atoms with Crippen LogP contribution in [0.1, 0.15) is 26.7 Å². The lowest BCUT2D eigenvalue weighted by Crippen LogP contribution is -2.29. The van der Waals surface area contributed by atoms with Gasteiger partial charge in [0.1, 0.15) is 0 Å². The number of allylic oxidation sites excluding steroid dienone is 6. The molecule has 0 aromatic carbocycles. The third-order valence-electron chi connectivity index (χ3n) is 3.86. The van der Waals surface area contributed by atoms with Gasteiger partial charge in [-0.2, -0.15) is 0 Å². The fourth-order valence-corrected chi connectivity index (χ4v) is 2.63. The number of aliphatic hydroxyl groups is 1. The lowest BCUT2D eigenvalue weighted by molar-refractivity contribution is -0.131. The van der Waals surface area contributed by atoms with E-state index < -0.39 is 17.2 Å². The predicted molar refractivity (Wildman–Crippen MR) is 70.6 cm³/mol. The fourth-order valence-electron chi connectivity index (χ4n) is 2.63. The quantitative estimate of drug-likeness (QED) is 0.591. The van der Waals surface area contributed by atoms with Crippen LogP contribution in [0.15, 0.2) is 46.8 Å². The molecular weight excluding hydrogens is 244 g/mol. The summed E-state index contributed by atoms with van der Waals surface area (Å²) in [4.78, 5) is 22.3. The second-order valence-corrected chi connectivity index (χ2v) is 5.15. The van der Waals surface area contributed by atoms with Gasteiger partial charge in [0.25, 0.3) is 0 Å². The van der Waals surface area contributed by atoms with Gasteiger partial charge in [0, 0.05) is 11.5 Å². The summed E-state index contributed by atoms with van der Waals surface area (Å²) in [5.74, 6) is -1.70. The predicted octanol–water partition coefficient (Wildman–Crippen LogP) is 2.69. The molecule has 0 radical (unpaired) electrons. The third-order valence-corrected chi connectivity index (χ3v) is 3.86. The van der Waals surface area contributed by atoms with E-state index in [-0.39, 0.29) is 5.76 Å². The molecular formula is C15H16O4. The summed E-state index contributed by atoms with van der Waals surface area (Å²) in [6, 6.07) is 0. The molecule has 0 spiro atoms. The molecule has 0 aliphatic heterocycles. The van der Waals surface area contributed by atoms with Crippen LogP contribution in [0.4, 0.5) is 0 Å². The number of aliphatic hydroxyl groups excluding tert-OH is 1. The monoisotopic (exact) mass is 260 g/mol. The maximum Gasteiger partial charge on any atom is 0.328 e. The van der Waals surface area contributed by atoms with Crippen LogP contribution < -0.4 is 0 Å². The van der Waals surface area contributed by atoms with E-state index in [9.17, 15) is 14.7 Å². The van der Waals surface area contributed by atoms with Crippen LogP contribution in [-0.2, 0) is 9.59 Å². The van der Waals surface area contributed by atoms with Crippen LogP contribution in [0.25, 0.3) is 0 Å². The molecule has 4 nitrogen and oxygen atoms in total. The van der Waals surface area contributed by atoms with Gasteiger partial charge in [-0.15, -0.1) is 0 Å². The number of carboxylic acids is 1. The zero-order valence-electron chi connectivity index (χ0n) is 10.9. The number of carbonyl (C=O) groups excluding carboxylic acids is 1. The minimum Gasteiger partial charge on any atom is -0.504 e. The first-order chi connectivity index (χ1) is 8.85. The van der Waals surface area contributed by atoms with E-state index in [0.29, 0.717) is 18.4 Å². The summed E-state index contributed by atoms with van der Waals surface area (Å²) in [7, 11) is 0. The summed E-state index contributed by atoms with van der Waals surface area (Å²) >= 11 is 0. The molecule has 0 aromatic rings. The van der Waals surface area contributed by atoms with Gasteiger partial charge in [0.05, 0.1) is 0 Å². The van der Waals surface area contributed by atoms with Crippen molar-refractivity contribution in [3.63, 3.8) is 0 Å². The Morgan fingerprint density at radius 1 is 1.37 bits per heavy atom. The van der Waals surface area contributed by atoms with Gasteiger partial charge in [0.2, 0.25) is 5.78 Å². The molecule has 0 saturated heterocycles. The van der Waals surface area contributed by atoms with Crippen molar-refractivity contribution in [2.75, 3.05) is 0 Å². The minimum absolute atomic E-state index is 0.246. The summed E-state index contributed by atoms with van der Waals surface area (Å²) < 4.78 is 0. The standard InChI is InChI=1S/C15H16O4/c1-9-7-11-14(19)12(16)3-5-15(11,8-10(9)2)6-4-13(17)18/h3-6,19H,7-8H2,1-2H3,(H,17,18)/b6-4+/t15-/m1/s1. The van der Waals surface area contributed by atoms with Gasteiger partial charge in [-0.05, 0) is 38.3 Å².